The Balaban J connectivity index is 1.76. The average Bonchev–Trinajstić information content (AvgIpc) is 3.01. The van der Waals surface area contributed by atoms with Crippen LogP contribution in [0.3, 0.4) is 0 Å². The molecule has 25 heavy (non-hydrogen) atoms. The number of amidine groups is 1. The van der Waals surface area contributed by atoms with Gasteiger partial charge in [-0.2, -0.15) is 0 Å². The van der Waals surface area contributed by atoms with E-state index in [9.17, 15) is 0 Å². The Morgan fingerprint density at radius 1 is 1.20 bits per heavy atom. The van der Waals surface area contributed by atoms with Crippen molar-refractivity contribution in [1.82, 2.24) is 19.9 Å². The Morgan fingerprint density at radius 3 is 2.72 bits per heavy atom. The third-order valence-electron chi connectivity index (χ3n) is 3.80. The van der Waals surface area contributed by atoms with E-state index in [1.807, 2.05) is 30.3 Å². The Labute approximate surface area is 154 Å². The first-order valence-electron chi connectivity index (χ1n) is 7.61. The number of pyridine rings is 1. The lowest BCUT2D eigenvalue weighted by molar-refractivity contribution is 0.468. The number of hydrogen-bond donors (Lipinski definition) is 2. The van der Waals surface area contributed by atoms with Crippen molar-refractivity contribution < 1.29 is 0 Å². The maximum absolute atomic E-state index is 6.29. The maximum atomic E-state index is 6.29. The smallest absolute Gasteiger partial charge is 0.159 e. The molecular formula is C17H14Cl2N6. The molecule has 1 aliphatic rings. The van der Waals surface area contributed by atoms with Crippen molar-refractivity contribution in [3.8, 4) is 11.4 Å². The number of benzene rings is 1. The van der Waals surface area contributed by atoms with Gasteiger partial charge in [-0.3, -0.25) is 0 Å². The molecule has 0 fully saturated rings. The van der Waals surface area contributed by atoms with E-state index in [2.05, 4.69) is 25.3 Å². The van der Waals surface area contributed by atoms with Crippen LogP contribution in [0.4, 0.5) is 5.82 Å². The second kappa shape index (κ2) is 6.38. The van der Waals surface area contributed by atoms with Crippen molar-refractivity contribution in [2.45, 2.75) is 0 Å². The van der Waals surface area contributed by atoms with E-state index in [1.165, 1.54) is 0 Å². The number of hydrogen-bond acceptors (Lipinski definition) is 5. The molecule has 0 saturated heterocycles. The van der Waals surface area contributed by atoms with Gasteiger partial charge in [0.2, 0.25) is 0 Å². The van der Waals surface area contributed by atoms with Crippen LogP contribution in [-0.2, 0) is 0 Å². The number of aromatic nitrogens is 3. The first-order chi connectivity index (χ1) is 12.1. The van der Waals surface area contributed by atoms with E-state index in [0.29, 0.717) is 39.4 Å². The number of aromatic amines is 1. The van der Waals surface area contributed by atoms with Crippen LogP contribution in [0.25, 0.3) is 22.4 Å². The quantitative estimate of drug-likeness (QED) is 0.708. The van der Waals surface area contributed by atoms with E-state index in [1.54, 1.807) is 24.4 Å². The fourth-order valence-electron chi connectivity index (χ4n) is 2.56. The zero-order chi connectivity index (χ0) is 17.4. The fourth-order valence-corrected chi connectivity index (χ4v) is 3.13. The maximum Gasteiger partial charge on any atom is 0.159 e. The topological polar surface area (TPSA) is 69.2 Å². The molecule has 3 aromatic rings. The molecule has 0 radical (unpaired) electrons. The molecule has 8 heteroatoms. The minimum atomic E-state index is 0.539. The molecule has 0 unspecified atom stereocenters. The number of aliphatic imine (C=N–C) groups is 1. The lowest BCUT2D eigenvalue weighted by Gasteiger charge is -2.16. The second-order valence-electron chi connectivity index (χ2n) is 5.62. The number of fused-ring (bicyclic) bond motifs is 1. The summed E-state index contributed by atoms with van der Waals surface area (Å²) in [6, 6.07) is 7.22. The van der Waals surface area contributed by atoms with Gasteiger partial charge in [-0.15, -0.1) is 0 Å². The van der Waals surface area contributed by atoms with Crippen LogP contribution >= 0.6 is 23.2 Å². The number of nitrogens with zero attached hydrogens (tertiary/aromatic N) is 4. The van der Waals surface area contributed by atoms with Crippen LogP contribution in [-0.4, -0.2) is 39.4 Å². The lowest BCUT2D eigenvalue weighted by atomic mass is 10.2. The molecule has 0 bridgehead atoms. The summed E-state index contributed by atoms with van der Waals surface area (Å²) in [4.78, 5) is 18.7. The van der Waals surface area contributed by atoms with E-state index in [0.717, 1.165) is 11.4 Å². The number of imidazole rings is 1. The van der Waals surface area contributed by atoms with Crippen LogP contribution in [0.5, 0.6) is 0 Å². The zero-order valence-electron chi connectivity index (χ0n) is 13.3. The molecule has 4 rings (SSSR count). The largest absolute Gasteiger partial charge is 0.361 e. The van der Waals surface area contributed by atoms with Gasteiger partial charge in [0.1, 0.15) is 23.8 Å². The number of anilines is 1. The molecule has 3 heterocycles. The molecule has 0 amide bonds. The predicted octanol–water partition coefficient (Wildman–Crippen LogP) is 4.16. The molecular weight excluding hydrogens is 359 g/mol. The third kappa shape index (κ3) is 3.06. The van der Waals surface area contributed by atoms with Crippen LogP contribution in [0, 0.1) is 0 Å². The van der Waals surface area contributed by atoms with Crippen molar-refractivity contribution in [2.24, 2.45) is 4.99 Å². The summed E-state index contributed by atoms with van der Waals surface area (Å²) in [6.07, 6.45) is 5.55. The minimum absolute atomic E-state index is 0.539. The highest BCUT2D eigenvalue weighted by Gasteiger charge is 2.15. The molecule has 6 nitrogen and oxygen atoms in total. The first kappa shape index (κ1) is 15.9. The van der Waals surface area contributed by atoms with Crippen molar-refractivity contribution in [2.75, 3.05) is 19.0 Å². The van der Waals surface area contributed by atoms with E-state index in [-0.39, 0.29) is 0 Å². The van der Waals surface area contributed by atoms with Crippen LogP contribution in [0.15, 0.2) is 47.7 Å². The van der Waals surface area contributed by atoms with Crippen LogP contribution in [0.1, 0.15) is 0 Å². The summed E-state index contributed by atoms with van der Waals surface area (Å²) in [5.41, 5.74) is 2.20. The molecule has 1 aliphatic heterocycles. The molecule has 0 atom stereocenters. The van der Waals surface area contributed by atoms with Crippen molar-refractivity contribution in [1.29, 1.82) is 0 Å². The highest BCUT2D eigenvalue weighted by Crippen LogP contribution is 2.34. The van der Waals surface area contributed by atoms with Gasteiger partial charge in [0.25, 0.3) is 0 Å². The monoisotopic (exact) mass is 372 g/mol. The molecule has 126 valence electrons. The van der Waals surface area contributed by atoms with Crippen LogP contribution in [0.2, 0.25) is 10.0 Å². The van der Waals surface area contributed by atoms with Gasteiger partial charge in [0, 0.05) is 19.4 Å². The van der Waals surface area contributed by atoms with E-state index in [4.69, 9.17) is 23.2 Å². The summed E-state index contributed by atoms with van der Waals surface area (Å²) in [6.45, 7) is 0.593. The first-order valence-corrected chi connectivity index (χ1v) is 8.36. The third-order valence-corrected chi connectivity index (χ3v) is 4.43. The molecule has 2 aromatic heterocycles. The Bertz CT molecular complexity index is 987. The zero-order valence-corrected chi connectivity index (χ0v) is 14.8. The number of halogens is 2. The molecule has 0 saturated carbocycles. The highest BCUT2D eigenvalue weighted by atomic mass is 35.5. The molecule has 0 spiro atoms. The van der Waals surface area contributed by atoms with E-state index < -0.39 is 0 Å². The van der Waals surface area contributed by atoms with E-state index >= 15 is 0 Å². The summed E-state index contributed by atoms with van der Waals surface area (Å²) in [5.74, 6) is 1.96. The van der Waals surface area contributed by atoms with Gasteiger partial charge in [-0.25, -0.2) is 15.0 Å². The van der Waals surface area contributed by atoms with Crippen molar-refractivity contribution in [3.05, 3.63) is 52.8 Å². The van der Waals surface area contributed by atoms with Gasteiger partial charge in [-0.1, -0.05) is 29.3 Å². The van der Waals surface area contributed by atoms with Crippen LogP contribution < -0.4 is 5.32 Å². The van der Waals surface area contributed by atoms with Gasteiger partial charge < -0.3 is 15.2 Å². The SMILES string of the molecule is CN1C=CC(Nc2nccc3[nH]c(-c4c(Cl)cccc4Cl)nc23)=NC1. The van der Waals surface area contributed by atoms with Gasteiger partial charge in [0.15, 0.2) is 5.82 Å². The van der Waals surface area contributed by atoms with Gasteiger partial charge in [-0.05, 0) is 24.3 Å². The summed E-state index contributed by atoms with van der Waals surface area (Å²) < 4.78 is 0. The highest BCUT2D eigenvalue weighted by molar-refractivity contribution is 6.39. The van der Waals surface area contributed by atoms with Gasteiger partial charge >= 0.3 is 0 Å². The predicted molar refractivity (Wildman–Crippen MR) is 102 cm³/mol. The van der Waals surface area contributed by atoms with Crippen molar-refractivity contribution in [3.63, 3.8) is 0 Å². The normalized spacial score (nSPS) is 14.0. The summed E-state index contributed by atoms with van der Waals surface area (Å²) in [5, 5.41) is 4.29. The molecule has 1 aromatic carbocycles. The Hall–Kier alpha value is -2.57. The summed E-state index contributed by atoms with van der Waals surface area (Å²) >= 11 is 12.6. The Kier molecular flexibility index (Phi) is 4.07. The van der Waals surface area contributed by atoms with Gasteiger partial charge in [0.05, 0.1) is 21.1 Å². The molecule has 0 aliphatic carbocycles. The lowest BCUT2D eigenvalue weighted by Crippen LogP contribution is -2.21. The second-order valence-corrected chi connectivity index (χ2v) is 6.43. The fraction of sp³-hybridized carbons (Fsp3) is 0.118. The summed E-state index contributed by atoms with van der Waals surface area (Å²) in [7, 11) is 1.96. The number of nitrogens with one attached hydrogen (secondary N) is 2. The number of H-pyrrole nitrogens is 1. The average molecular weight is 373 g/mol. The number of rotatable bonds is 2. The standard InChI is InChI=1S/C17H14Cl2N6/c1-25-8-6-13(21-9-25)23-17-15-12(5-7-20-17)22-16(24-15)14-10(18)3-2-4-11(14)19/h2-8H,9H2,1H3,(H,22,24)(H,20,21,23). The minimum Gasteiger partial charge on any atom is -0.361 e. The van der Waals surface area contributed by atoms with Crippen molar-refractivity contribution >= 4 is 45.9 Å². The molecule has 2 N–H and O–H groups in total. The Morgan fingerprint density at radius 2 is 2.00 bits per heavy atom.